The van der Waals surface area contributed by atoms with Gasteiger partial charge in [0.25, 0.3) is 0 Å². The Balaban J connectivity index is 1.92. The van der Waals surface area contributed by atoms with Crippen LogP contribution in [0.25, 0.3) is 0 Å². The number of ether oxygens (including phenoxy) is 2. The Morgan fingerprint density at radius 1 is 1.25 bits per heavy atom. The SMILES string of the molecule is Fc1cc(C2CCCCN2)cc2c1OCO2. The molecule has 0 spiro atoms. The number of hydrogen-bond donors (Lipinski definition) is 1. The van der Waals surface area contributed by atoms with Gasteiger partial charge in [0.1, 0.15) is 0 Å². The van der Waals surface area contributed by atoms with Crippen molar-refractivity contribution in [1.82, 2.24) is 5.32 Å². The van der Waals surface area contributed by atoms with E-state index in [9.17, 15) is 4.39 Å². The highest BCUT2D eigenvalue weighted by Crippen LogP contribution is 2.38. The van der Waals surface area contributed by atoms with E-state index in [0.29, 0.717) is 5.75 Å². The Morgan fingerprint density at radius 2 is 2.19 bits per heavy atom. The summed E-state index contributed by atoms with van der Waals surface area (Å²) in [5.41, 5.74) is 0.960. The van der Waals surface area contributed by atoms with Crippen LogP contribution in [0.4, 0.5) is 4.39 Å². The minimum absolute atomic E-state index is 0.119. The third kappa shape index (κ3) is 1.63. The molecule has 1 atom stereocenters. The highest BCUT2D eigenvalue weighted by Gasteiger charge is 2.23. The van der Waals surface area contributed by atoms with Crippen molar-refractivity contribution in [2.24, 2.45) is 0 Å². The summed E-state index contributed by atoms with van der Waals surface area (Å²) in [5, 5.41) is 3.39. The van der Waals surface area contributed by atoms with E-state index in [4.69, 9.17) is 9.47 Å². The fourth-order valence-electron chi connectivity index (χ4n) is 2.32. The molecule has 0 radical (unpaired) electrons. The summed E-state index contributed by atoms with van der Waals surface area (Å²) >= 11 is 0. The summed E-state index contributed by atoms with van der Waals surface area (Å²) in [6.45, 7) is 1.12. The van der Waals surface area contributed by atoms with Crippen molar-refractivity contribution in [2.45, 2.75) is 25.3 Å². The van der Waals surface area contributed by atoms with E-state index >= 15 is 0 Å². The number of halogens is 1. The molecule has 1 aromatic rings. The van der Waals surface area contributed by atoms with Crippen molar-refractivity contribution in [3.63, 3.8) is 0 Å². The number of hydrogen-bond acceptors (Lipinski definition) is 3. The number of rotatable bonds is 1. The van der Waals surface area contributed by atoms with Gasteiger partial charge in [0, 0.05) is 6.04 Å². The lowest BCUT2D eigenvalue weighted by atomic mass is 9.97. The summed E-state index contributed by atoms with van der Waals surface area (Å²) in [5.74, 6) is 0.458. The van der Waals surface area contributed by atoms with Gasteiger partial charge in [-0.05, 0) is 37.1 Å². The fraction of sp³-hybridized carbons (Fsp3) is 0.500. The molecule has 1 saturated heterocycles. The largest absolute Gasteiger partial charge is 0.453 e. The summed E-state index contributed by atoms with van der Waals surface area (Å²) < 4.78 is 23.9. The van der Waals surface area contributed by atoms with Gasteiger partial charge in [0.05, 0.1) is 0 Å². The lowest BCUT2D eigenvalue weighted by molar-refractivity contribution is 0.171. The average molecular weight is 223 g/mol. The highest BCUT2D eigenvalue weighted by molar-refractivity contribution is 5.46. The molecule has 0 amide bonds. The molecule has 2 aliphatic heterocycles. The van der Waals surface area contributed by atoms with Gasteiger partial charge >= 0.3 is 0 Å². The van der Waals surface area contributed by atoms with Gasteiger partial charge < -0.3 is 14.8 Å². The molecule has 0 bridgehead atoms. The van der Waals surface area contributed by atoms with Crippen LogP contribution in [0.5, 0.6) is 11.5 Å². The van der Waals surface area contributed by atoms with Crippen molar-refractivity contribution in [1.29, 1.82) is 0 Å². The quantitative estimate of drug-likeness (QED) is 0.792. The van der Waals surface area contributed by atoms with Crippen LogP contribution in [0.3, 0.4) is 0 Å². The van der Waals surface area contributed by atoms with Crippen molar-refractivity contribution < 1.29 is 13.9 Å². The van der Waals surface area contributed by atoms with E-state index in [0.717, 1.165) is 18.5 Å². The molecule has 3 nitrogen and oxygen atoms in total. The van der Waals surface area contributed by atoms with E-state index in [1.807, 2.05) is 6.07 Å². The normalized spacial score (nSPS) is 23.4. The first kappa shape index (κ1) is 9.90. The Bertz CT molecular complexity index is 402. The molecule has 0 saturated carbocycles. The Kier molecular flexibility index (Phi) is 2.44. The Hall–Kier alpha value is -1.29. The molecule has 1 fully saturated rings. The van der Waals surface area contributed by atoms with Gasteiger partial charge in [-0.1, -0.05) is 6.42 Å². The summed E-state index contributed by atoms with van der Waals surface area (Å²) in [4.78, 5) is 0. The Morgan fingerprint density at radius 3 is 3.00 bits per heavy atom. The lowest BCUT2D eigenvalue weighted by Crippen LogP contribution is -2.26. The van der Waals surface area contributed by atoms with E-state index in [-0.39, 0.29) is 24.4 Å². The van der Waals surface area contributed by atoms with Crippen LogP contribution in [0.1, 0.15) is 30.9 Å². The molecule has 0 aromatic heterocycles. The number of fused-ring (bicyclic) bond motifs is 1. The van der Waals surface area contributed by atoms with Gasteiger partial charge in [-0.15, -0.1) is 0 Å². The molecule has 1 N–H and O–H groups in total. The molecule has 4 heteroatoms. The zero-order valence-electron chi connectivity index (χ0n) is 8.96. The van der Waals surface area contributed by atoms with Crippen LogP contribution in [-0.2, 0) is 0 Å². The molecule has 86 valence electrons. The first-order valence-electron chi connectivity index (χ1n) is 5.67. The molecule has 1 aromatic carbocycles. The van der Waals surface area contributed by atoms with Gasteiger partial charge in [-0.3, -0.25) is 0 Å². The van der Waals surface area contributed by atoms with Crippen molar-refractivity contribution in [3.05, 3.63) is 23.5 Å². The van der Waals surface area contributed by atoms with E-state index in [1.54, 1.807) is 6.07 Å². The smallest absolute Gasteiger partial charge is 0.231 e. The summed E-state index contributed by atoms with van der Waals surface area (Å²) in [6.07, 6.45) is 3.44. The van der Waals surface area contributed by atoms with Crippen molar-refractivity contribution in [3.8, 4) is 11.5 Å². The van der Waals surface area contributed by atoms with Crippen molar-refractivity contribution >= 4 is 0 Å². The topological polar surface area (TPSA) is 30.5 Å². The standard InChI is InChI=1S/C12H14FNO2/c13-9-5-8(10-3-1-2-4-14-10)6-11-12(9)16-7-15-11/h5-6,10,14H,1-4,7H2. The minimum Gasteiger partial charge on any atom is -0.453 e. The summed E-state index contributed by atoms with van der Waals surface area (Å²) in [7, 11) is 0. The fourth-order valence-corrected chi connectivity index (χ4v) is 2.32. The second-order valence-electron chi connectivity index (χ2n) is 4.24. The third-order valence-electron chi connectivity index (χ3n) is 3.16. The van der Waals surface area contributed by atoms with E-state index < -0.39 is 0 Å². The first-order chi connectivity index (χ1) is 7.84. The highest BCUT2D eigenvalue weighted by atomic mass is 19.1. The van der Waals surface area contributed by atoms with Crippen LogP contribution >= 0.6 is 0 Å². The monoisotopic (exact) mass is 223 g/mol. The van der Waals surface area contributed by atoms with Gasteiger partial charge in [-0.25, -0.2) is 4.39 Å². The molecular weight excluding hydrogens is 209 g/mol. The maximum absolute atomic E-state index is 13.7. The molecule has 3 rings (SSSR count). The number of piperidine rings is 1. The van der Waals surface area contributed by atoms with Crippen LogP contribution in [0.2, 0.25) is 0 Å². The zero-order chi connectivity index (χ0) is 11.0. The molecular formula is C12H14FNO2. The molecule has 0 aliphatic carbocycles. The molecule has 16 heavy (non-hydrogen) atoms. The zero-order valence-corrected chi connectivity index (χ0v) is 8.96. The van der Waals surface area contributed by atoms with Crippen LogP contribution in [-0.4, -0.2) is 13.3 Å². The maximum atomic E-state index is 13.7. The third-order valence-corrected chi connectivity index (χ3v) is 3.16. The van der Waals surface area contributed by atoms with Gasteiger partial charge in [0.15, 0.2) is 11.6 Å². The predicted octanol–water partition coefficient (Wildman–Crippen LogP) is 2.37. The first-order valence-corrected chi connectivity index (χ1v) is 5.67. The number of benzene rings is 1. The second kappa shape index (κ2) is 3.94. The average Bonchev–Trinajstić information content (AvgIpc) is 2.79. The van der Waals surface area contributed by atoms with Gasteiger partial charge in [0.2, 0.25) is 12.5 Å². The van der Waals surface area contributed by atoms with E-state index in [1.165, 1.54) is 12.8 Å². The molecule has 2 heterocycles. The number of nitrogens with one attached hydrogen (secondary N) is 1. The van der Waals surface area contributed by atoms with Crippen molar-refractivity contribution in [2.75, 3.05) is 13.3 Å². The Labute approximate surface area is 93.6 Å². The van der Waals surface area contributed by atoms with Crippen LogP contribution in [0.15, 0.2) is 12.1 Å². The lowest BCUT2D eigenvalue weighted by Gasteiger charge is -2.24. The predicted molar refractivity (Wildman–Crippen MR) is 57.1 cm³/mol. The minimum atomic E-state index is -0.322. The van der Waals surface area contributed by atoms with Crippen LogP contribution in [0, 0.1) is 5.82 Å². The molecule has 1 unspecified atom stereocenters. The van der Waals surface area contributed by atoms with Gasteiger partial charge in [-0.2, -0.15) is 0 Å². The summed E-state index contributed by atoms with van der Waals surface area (Å²) in [6, 6.07) is 3.68. The second-order valence-corrected chi connectivity index (χ2v) is 4.24. The van der Waals surface area contributed by atoms with E-state index in [2.05, 4.69) is 5.32 Å². The maximum Gasteiger partial charge on any atom is 0.231 e. The van der Waals surface area contributed by atoms with Crippen LogP contribution < -0.4 is 14.8 Å². The molecule has 2 aliphatic rings.